The van der Waals surface area contributed by atoms with Gasteiger partial charge in [-0.05, 0) is 18.2 Å². The van der Waals surface area contributed by atoms with Crippen LogP contribution in [0.2, 0.25) is 5.02 Å². The highest BCUT2D eigenvalue weighted by Gasteiger charge is 2.11. The van der Waals surface area contributed by atoms with E-state index in [0.29, 0.717) is 28.5 Å². The predicted octanol–water partition coefficient (Wildman–Crippen LogP) is 3.91. The van der Waals surface area contributed by atoms with Crippen molar-refractivity contribution in [3.05, 3.63) is 77.6 Å². The molecule has 5 N–H and O–H groups in total. The fraction of sp³-hybridized carbons (Fsp3) is 0.105. The molecular formula is C19H21ClFN7. The Hall–Kier alpha value is -3.39. The number of nitrogens with two attached hydrogens (primary N) is 1. The molecule has 0 unspecified atom stereocenters. The lowest BCUT2D eigenvalue weighted by molar-refractivity contribution is 0.613. The van der Waals surface area contributed by atoms with Crippen LogP contribution in [-0.2, 0) is 6.54 Å². The van der Waals surface area contributed by atoms with E-state index >= 15 is 0 Å². The summed E-state index contributed by atoms with van der Waals surface area (Å²) >= 11 is 6.16. The first-order valence-corrected chi connectivity index (χ1v) is 8.59. The van der Waals surface area contributed by atoms with Gasteiger partial charge in [-0.3, -0.25) is 4.99 Å². The van der Waals surface area contributed by atoms with Gasteiger partial charge in [0.25, 0.3) is 0 Å². The SMILES string of the molecule is C=CC(=C)Nc1cccc(F)c1CNc1nc(N/C(C=NC)=C/N)ncc1Cl. The first-order chi connectivity index (χ1) is 13.5. The molecule has 0 fully saturated rings. The van der Waals surface area contributed by atoms with Gasteiger partial charge < -0.3 is 21.7 Å². The first kappa shape index (κ1) is 20.9. The molecule has 0 atom stereocenters. The molecule has 0 amide bonds. The Morgan fingerprint density at radius 3 is 2.86 bits per heavy atom. The summed E-state index contributed by atoms with van der Waals surface area (Å²) in [6.07, 6.45) is 5.83. The summed E-state index contributed by atoms with van der Waals surface area (Å²) in [6.45, 7) is 7.55. The largest absolute Gasteiger partial charge is 0.403 e. The van der Waals surface area contributed by atoms with Crippen LogP contribution in [0, 0.1) is 5.82 Å². The van der Waals surface area contributed by atoms with Crippen LogP contribution in [0.5, 0.6) is 0 Å². The number of anilines is 3. The Balaban J connectivity index is 2.22. The van der Waals surface area contributed by atoms with E-state index in [0.717, 1.165) is 0 Å². The number of rotatable bonds is 9. The topological polar surface area (TPSA) is 100 Å². The number of halogens is 2. The minimum Gasteiger partial charge on any atom is -0.403 e. The quantitative estimate of drug-likeness (QED) is 0.375. The van der Waals surface area contributed by atoms with Gasteiger partial charge in [0.1, 0.15) is 10.8 Å². The van der Waals surface area contributed by atoms with Crippen molar-refractivity contribution in [2.45, 2.75) is 6.54 Å². The number of nitrogens with zero attached hydrogens (tertiary/aromatic N) is 3. The maximum atomic E-state index is 14.3. The molecule has 0 aliphatic rings. The molecule has 1 aromatic heterocycles. The molecule has 2 aromatic rings. The maximum absolute atomic E-state index is 14.3. The molecular weight excluding hydrogens is 381 g/mol. The summed E-state index contributed by atoms with van der Waals surface area (Å²) in [5.41, 5.74) is 7.55. The second-order valence-electron chi connectivity index (χ2n) is 5.50. The van der Waals surface area contributed by atoms with Crippen LogP contribution in [-0.4, -0.2) is 23.2 Å². The summed E-state index contributed by atoms with van der Waals surface area (Å²) in [5.74, 6) is 0.210. The van der Waals surface area contributed by atoms with E-state index in [1.54, 1.807) is 25.3 Å². The number of aliphatic imine (C=N–C) groups is 1. The lowest BCUT2D eigenvalue weighted by Crippen LogP contribution is -2.11. The highest BCUT2D eigenvalue weighted by atomic mass is 35.5. The average molecular weight is 402 g/mol. The Morgan fingerprint density at radius 2 is 2.18 bits per heavy atom. The molecule has 0 aliphatic heterocycles. The fourth-order valence-electron chi connectivity index (χ4n) is 2.19. The Kier molecular flexibility index (Phi) is 7.53. The lowest BCUT2D eigenvalue weighted by Gasteiger charge is -2.15. The molecule has 0 spiro atoms. The van der Waals surface area contributed by atoms with Gasteiger partial charge in [0, 0.05) is 43.0 Å². The van der Waals surface area contributed by atoms with Crippen molar-refractivity contribution in [2.24, 2.45) is 10.7 Å². The van der Waals surface area contributed by atoms with E-state index < -0.39 is 0 Å². The van der Waals surface area contributed by atoms with E-state index in [1.165, 1.54) is 24.7 Å². The Morgan fingerprint density at radius 1 is 1.39 bits per heavy atom. The number of benzene rings is 1. The van der Waals surface area contributed by atoms with Gasteiger partial charge in [0.15, 0.2) is 5.82 Å². The summed E-state index contributed by atoms with van der Waals surface area (Å²) in [4.78, 5) is 12.3. The van der Waals surface area contributed by atoms with Crippen LogP contribution in [0.4, 0.5) is 21.8 Å². The minimum absolute atomic E-state index is 0.131. The fourth-order valence-corrected chi connectivity index (χ4v) is 2.35. The molecule has 146 valence electrons. The zero-order valence-corrected chi connectivity index (χ0v) is 16.1. The van der Waals surface area contributed by atoms with Crippen LogP contribution in [0.25, 0.3) is 0 Å². The van der Waals surface area contributed by atoms with Crippen molar-refractivity contribution in [3.8, 4) is 0 Å². The van der Waals surface area contributed by atoms with E-state index in [1.807, 2.05) is 0 Å². The Bertz CT molecular complexity index is 924. The molecule has 0 bridgehead atoms. The van der Waals surface area contributed by atoms with E-state index in [4.69, 9.17) is 17.3 Å². The van der Waals surface area contributed by atoms with Crippen molar-refractivity contribution < 1.29 is 4.39 Å². The second-order valence-corrected chi connectivity index (χ2v) is 5.91. The molecule has 0 radical (unpaired) electrons. The number of hydrogen-bond donors (Lipinski definition) is 4. The molecule has 1 aromatic carbocycles. The number of nitrogens with one attached hydrogen (secondary N) is 3. The van der Waals surface area contributed by atoms with Crippen LogP contribution >= 0.6 is 11.6 Å². The van der Waals surface area contributed by atoms with E-state index in [-0.39, 0.29) is 23.3 Å². The molecule has 1 heterocycles. The van der Waals surface area contributed by atoms with Gasteiger partial charge in [-0.2, -0.15) is 4.98 Å². The van der Waals surface area contributed by atoms with Gasteiger partial charge in [0.2, 0.25) is 5.95 Å². The standard InChI is InChI=1S/C19H21ClFN7/c1-4-12(2)26-17-7-5-6-16(21)14(17)10-24-18-15(20)11-25-19(28-18)27-13(8-22)9-23-3/h4-9,11,26H,1-2,10,22H2,3H3,(H2,24,25,27,28)/b13-8+,23-9?. The number of hydrogen-bond acceptors (Lipinski definition) is 7. The summed E-state index contributed by atoms with van der Waals surface area (Å²) in [7, 11) is 1.61. The van der Waals surface area contributed by atoms with Crippen LogP contribution in [0.15, 0.2) is 66.2 Å². The smallest absolute Gasteiger partial charge is 0.229 e. The molecule has 0 saturated heterocycles. The van der Waals surface area contributed by atoms with Gasteiger partial charge in [-0.15, -0.1) is 0 Å². The third-order valence-electron chi connectivity index (χ3n) is 3.54. The van der Waals surface area contributed by atoms with Crippen LogP contribution in [0.1, 0.15) is 5.56 Å². The lowest BCUT2D eigenvalue weighted by atomic mass is 10.1. The molecule has 0 saturated carbocycles. The van der Waals surface area contributed by atoms with Crippen molar-refractivity contribution in [1.29, 1.82) is 0 Å². The normalized spacial score (nSPS) is 11.3. The first-order valence-electron chi connectivity index (χ1n) is 8.21. The molecule has 9 heteroatoms. The zero-order valence-electron chi connectivity index (χ0n) is 15.3. The second kappa shape index (κ2) is 10.1. The van der Waals surface area contributed by atoms with Crippen molar-refractivity contribution in [2.75, 3.05) is 23.0 Å². The summed E-state index contributed by atoms with van der Waals surface area (Å²) < 4.78 is 14.3. The zero-order chi connectivity index (χ0) is 20.5. The third-order valence-corrected chi connectivity index (χ3v) is 3.82. The summed E-state index contributed by atoms with van der Waals surface area (Å²) in [5, 5.41) is 9.22. The number of allylic oxidation sites excluding steroid dienone is 2. The van der Waals surface area contributed by atoms with Gasteiger partial charge in [-0.25, -0.2) is 9.37 Å². The van der Waals surface area contributed by atoms with Gasteiger partial charge in [-0.1, -0.05) is 30.8 Å². The van der Waals surface area contributed by atoms with E-state index in [2.05, 4.69) is 44.1 Å². The minimum atomic E-state index is -0.384. The van der Waals surface area contributed by atoms with Gasteiger partial charge in [0.05, 0.1) is 11.9 Å². The average Bonchev–Trinajstić information content (AvgIpc) is 2.69. The van der Waals surface area contributed by atoms with E-state index in [9.17, 15) is 4.39 Å². The van der Waals surface area contributed by atoms with Crippen molar-refractivity contribution >= 4 is 35.3 Å². The number of aromatic nitrogens is 2. The monoisotopic (exact) mass is 401 g/mol. The Labute approximate surface area is 167 Å². The van der Waals surface area contributed by atoms with Crippen molar-refractivity contribution in [1.82, 2.24) is 9.97 Å². The highest BCUT2D eigenvalue weighted by molar-refractivity contribution is 6.32. The predicted molar refractivity (Wildman–Crippen MR) is 114 cm³/mol. The molecule has 28 heavy (non-hydrogen) atoms. The summed E-state index contributed by atoms with van der Waals surface area (Å²) in [6, 6.07) is 4.72. The van der Waals surface area contributed by atoms with Gasteiger partial charge >= 0.3 is 0 Å². The maximum Gasteiger partial charge on any atom is 0.229 e. The van der Waals surface area contributed by atoms with Crippen LogP contribution < -0.4 is 21.7 Å². The highest BCUT2D eigenvalue weighted by Crippen LogP contribution is 2.24. The molecule has 0 aliphatic carbocycles. The van der Waals surface area contributed by atoms with Crippen LogP contribution in [0.3, 0.4) is 0 Å². The molecule has 7 nitrogen and oxygen atoms in total. The third kappa shape index (κ3) is 5.55. The molecule has 2 rings (SSSR count). The van der Waals surface area contributed by atoms with Crippen molar-refractivity contribution in [3.63, 3.8) is 0 Å².